The fourth-order valence-electron chi connectivity index (χ4n) is 4.00. The molecule has 0 bridgehead atoms. The van der Waals surface area contributed by atoms with Crippen molar-refractivity contribution in [2.24, 2.45) is 0 Å². The molecule has 0 radical (unpaired) electrons. The van der Waals surface area contributed by atoms with E-state index in [2.05, 4.69) is 50.5 Å². The van der Waals surface area contributed by atoms with E-state index in [1.165, 1.54) is 42.5 Å². The number of benzene rings is 1. The standard InChI is InChI=1S/C20H28N4O/c1-2-8-24(20(3-1)19-13-21-22-14-19)16-18-6-4-17(5-7-18)15-23-9-11-25-12-10-23/h4-7,13-14,20H,1-3,8-12,15-16H2,(H,21,22)/t20-/m0/s1. The molecule has 2 saturated heterocycles. The normalized spacial score (nSPS) is 23.0. The fourth-order valence-corrected chi connectivity index (χ4v) is 4.00. The Balaban J connectivity index is 1.38. The number of morpholine rings is 1. The minimum absolute atomic E-state index is 0.500. The molecule has 0 amide bonds. The topological polar surface area (TPSA) is 44.4 Å². The maximum Gasteiger partial charge on any atom is 0.0594 e. The van der Waals surface area contributed by atoms with Gasteiger partial charge in [0.2, 0.25) is 0 Å². The third-order valence-corrected chi connectivity index (χ3v) is 5.44. The van der Waals surface area contributed by atoms with Crippen LogP contribution in [0.4, 0.5) is 0 Å². The summed E-state index contributed by atoms with van der Waals surface area (Å²) in [6.07, 6.45) is 7.87. The lowest BCUT2D eigenvalue weighted by Gasteiger charge is -2.35. The molecule has 0 unspecified atom stereocenters. The predicted molar refractivity (Wildman–Crippen MR) is 98.1 cm³/mol. The van der Waals surface area contributed by atoms with E-state index in [0.717, 1.165) is 39.4 Å². The Morgan fingerprint density at radius 3 is 2.48 bits per heavy atom. The zero-order valence-electron chi connectivity index (χ0n) is 14.9. The molecule has 4 rings (SSSR count). The molecule has 0 aliphatic carbocycles. The van der Waals surface area contributed by atoms with Crippen LogP contribution in [-0.4, -0.2) is 52.8 Å². The van der Waals surface area contributed by atoms with Crippen molar-refractivity contribution >= 4 is 0 Å². The third kappa shape index (κ3) is 4.29. The van der Waals surface area contributed by atoms with Gasteiger partial charge in [-0.1, -0.05) is 30.7 Å². The lowest BCUT2D eigenvalue weighted by Crippen LogP contribution is -2.35. The first-order valence-electron chi connectivity index (χ1n) is 9.49. The molecule has 1 aromatic carbocycles. The number of hydrogen-bond donors (Lipinski definition) is 1. The largest absolute Gasteiger partial charge is 0.379 e. The summed E-state index contributed by atoms with van der Waals surface area (Å²) in [7, 11) is 0. The molecular weight excluding hydrogens is 312 g/mol. The van der Waals surface area contributed by atoms with Crippen LogP contribution >= 0.6 is 0 Å². The van der Waals surface area contributed by atoms with E-state index >= 15 is 0 Å². The van der Waals surface area contributed by atoms with Crippen molar-refractivity contribution in [2.45, 2.75) is 38.4 Å². The Kier molecular flexibility index (Phi) is 5.45. The van der Waals surface area contributed by atoms with Crippen molar-refractivity contribution in [3.63, 3.8) is 0 Å². The maximum atomic E-state index is 5.43. The molecular formula is C20H28N4O. The second-order valence-electron chi connectivity index (χ2n) is 7.22. The summed E-state index contributed by atoms with van der Waals surface area (Å²) in [6.45, 7) is 7.04. The third-order valence-electron chi connectivity index (χ3n) is 5.44. The van der Waals surface area contributed by atoms with Gasteiger partial charge in [-0.3, -0.25) is 14.9 Å². The van der Waals surface area contributed by atoms with Crippen LogP contribution in [0.5, 0.6) is 0 Å². The summed E-state index contributed by atoms with van der Waals surface area (Å²) in [5.41, 5.74) is 4.13. The molecule has 2 aliphatic rings. The van der Waals surface area contributed by atoms with Crippen molar-refractivity contribution in [3.05, 3.63) is 53.3 Å². The lowest BCUT2D eigenvalue weighted by molar-refractivity contribution is 0.0342. The second-order valence-corrected chi connectivity index (χ2v) is 7.22. The van der Waals surface area contributed by atoms with Crippen LogP contribution in [0.1, 0.15) is 42.0 Å². The molecule has 0 saturated carbocycles. The van der Waals surface area contributed by atoms with Gasteiger partial charge in [-0.25, -0.2) is 0 Å². The molecule has 2 fully saturated rings. The number of nitrogens with one attached hydrogen (secondary N) is 1. The van der Waals surface area contributed by atoms with Gasteiger partial charge in [-0.05, 0) is 30.5 Å². The van der Waals surface area contributed by atoms with Crippen LogP contribution < -0.4 is 0 Å². The Labute approximate surface area is 150 Å². The summed E-state index contributed by atoms with van der Waals surface area (Å²) in [5, 5.41) is 7.11. The van der Waals surface area contributed by atoms with E-state index in [1.807, 2.05) is 6.20 Å². The highest BCUT2D eigenvalue weighted by molar-refractivity contribution is 5.23. The average molecular weight is 340 g/mol. The van der Waals surface area contributed by atoms with E-state index in [9.17, 15) is 0 Å². The predicted octanol–water partition coefficient (Wildman–Crippen LogP) is 2.97. The number of likely N-dealkylation sites (tertiary alicyclic amines) is 1. The first kappa shape index (κ1) is 16.8. The summed E-state index contributed by atoms with van der Waals surface area (Å²) in [5.74, 6) is 0. The molecule has 3 heterocycles. The molecule has 5 heteroatoms. The first-order chi connectivity index (χ1) is 12.4. The van der Waals surface area contributed by atoms with E-state index in [0.29, 0.717) is 6.04 Å². The van der Waals surface area contributed by atoms with Crippen molar-refractivity contribution in [1.29, 1.82) is 0 Å². The van der Waals surface area contributed by atoms with Crippen molar-refractivity contribution in [3.8, 4) is 0 Å². The van der Waals surface area contributed by atoms with Crippen LogP contribution in [0.3, 0.4) is 0 Å². The van der Waals surface area contributed by atoms with Gasteiger partial charge in [0.15, 0.2) is 0 Å². The lowest BCUT2D eigenvalue weighted by atomic mass is 9.96. The van der Waals surface area contributed by atoms with E-state index < -0.39 is 0 Å². The summed E-state index contributed by atoms with van der Waals surface area (Å²) < 4.78 is 5.43. The highest BCUT2D eigenvalue weighted by Crippen LogP contribution is 2.31. The number of aromatic nitrogens is 2. The van der Waals surface area contributed by atoms with Gasteiger partial charge in [-0.2, -0.15) is 5.10 Å². The van der Waals surface area contributed by atoms with Crippen LogP contribution in [0.15, 0.2) is 36.7 Å². The molecule has 1 aromatic heterocycles. The number of rotatable bonds is 5. The quantitative estimate of drug-likeness (QED) is 0.909. The molecule has 2 aliphatic heterocycles. The van der Waals surface area contributed by atoms with Gasteiger partial charge >= 0.3 is 0 Å². The molecule has 2 aromatic rings. The fraction of sp³-hybridized carbons (Fsp3) is 0.550. The number of nitrogens with zero attached hydrogens (tertiary/aromatic N) is 3. The summed E-state index contributed by atoms with van der Waals surface area (Å²) >= 11 is 0. The number of hydrogen-bond acceptors (Lipinski definition) is 4. The molecule has 0 spiro atoms. The molecule has 5 nitrogen and oxygen atoms in total. The van der Waals surface area contributed by atoms with Crippen molar-refractivity contribution in [1.82, 2.24) is 20.0 Å². The molecule has 1 N–H and O–H groups in total. The first-order valence-corrected chi connectivity index (χ1v) is 9.49. The van der Waals surface area contributed by atoms with Gasteiger partial charge in [0.1, 0.15) is 0 Å². The highest BCUT2D eigenvalue weighted by Gasteiger charge is 2.24. The molecule has 25 heavy (non-hydrogen) atoms. The van der Waals surface area contributed by atoms with Crippen LogP contribution in [0, 0.1) is 0 Å². The number of H-pyrrole nitrogens is 1. The van der Waals surface area contributed by atoms with Crippen LogP contribution in [0.2, 0.25) is 0 Å². The van der Waals surface area contributed by atoms with Gasteiger partial charge < -0.3 is 4.74 Å². The zero-order chi connectivity index (χ0) is 16.9. The highest BCUT2D eigenvalue weighted by atomic mass is 16.5. The van der Waals surface area contributed by atoms with Crippen LogP contribution in [0.25, 0.3) is 0 Å². The monoisotopic (exact) mass is 340 g/mol. The van der Waals surface area contributed by atoms with E-state index in [-0.39, 0.29) is 0 Å². The van der Waals surface area contributed by atoms with Crippen LogP contribution in [-0.2, 0) is 17.8 Å². The minimum atomic E-state index is 0.500. The Morgan fingerprint density at radius 1 is 1.00 bits per heavy atom. The summed E-state index contributed by atoms with van der Waals surface area (Å²) in [6, 6.07) is 9.69. The summed E-state index contributed by atoms with van der Waals surface area (Å²) in [4.78, 5) is 5.07. The number of aromatic amines is 1. The minimum Gasteiger partial charge on any atom is -0.379 e. The van der Waals surface area contributed by atoms with Crippen molar-refractivity contribution < 1.29 is 4.74 Å². The Bertz CT molecular complexity index is 634. The number of piperidine rings is 1. The zero-order valence-corrected chi connectivity index (χ0v) is 14.9. The van der Waals surface area contributed by atoms with E-state index in [4.69, 9.17) is 4.74 Å². The maximum absolute atomic E-state index is 5.43. The smallest absolute Gasteiger partial charge is 0.0594 e. The van der Waals surface area contributed by atoms with Gasteiger partial charge in [-0.15, -0.1) is 0 Å². The van der Waals surface area contributed by atoms with Gasteiger partial charge in [0.25, 0.3) is 0 Å². The van der Waals surface area contributed by atoms with Gasteiger partial charge in [0.05, 0.1) is 19.4 Å². The Morgan fingerprint density at radius 2 is 1.76 bits per heavy atom. The van der Waals surface area contributed by atoms with Crippen molar-refractivity contribution in [2.75, 3.05) is 32.8 Å². The average Bonchev–Trinajstić information content (AvgIpc) is 3.19. The number of ether oxygens (including phenoxy) is 1. The second kappa shape index (κ2) is 8.13. The van der Waals surface area contributed by atoms with Gasteiger partial charge in [0, 0.05) is 44.0 Å². The SMILES string of the molecule is c1cc(CN2CCCC[C@H]2c2cn[nH]c2)ccc1CN1CCOCC1. The Hall–Kier alpha value is -1.69. The molecule has 134 valence electrons. The molecule has 1 atom stereocenters. The van der Waals surface area contributed by atoms with E-state index in [1.54, 1.807) is 0 Å².